The average molecular weight is 339 g/mol. The Morgan fingerprint density at radius 2 is 2.21 bits per heavy atom. The van der Waals surface area contributed by atoms with E-state index in [1.165, 1.54) is 0 Å². The van der Waals surface area contributed by atoms with Gasteiger partial charge in [-0.1, -0.05) is 12.1 Å². The van der Waals surface area contributed by atoms with Gasteiger partial charge in [-0.15, -0.1) is 0 Å². The first-order valence-electron chi connectivity index (χ1n) is 7.79. The van der Waals surface area contributed by atoms with Crippen molar-refractivity contribution in [2.24, 2.45) is 0 Å². The van der Waals surface area contributed by atoms with Gasteiger partial charge in [0.25, 0.3) is 5.91 Å². The van der Waals surface area contributed by atoms with Crippen LogP contribution in [0.3, 0.4) is 0 Å². The Morgan fingerprint density at radius 3 is 2.96 bits per heavy atom. The number of aromatic amines is 1. The maximum atomic E-state index is 12.5. The van der Waals surface area contributed by atoms with Crippen molar-refractivity contribution in [3.8, 4) is 17.0 Å². The zero-order valence-electron chi connectivity index (χ0n) is 13.2. The predicted octanol–water partition coefficient (Wildman–Crippen LogP) is 3.35. The minimum Gasteiger partial charge on any atom is -0.487 e. The van der Waals surface area contributed by atoms with Crippen molar-refractivity contribution in [1.29, 1.82) is 0 Å². The van der Waals surface area contributed by atoms with Crippen LogP contribution in [0, 0.1) is 6.92 Å². The van der Waals surface area contributed by atoms with Crippen LogP contribution in [-0.2, 0) is 0 Å². The molecule has 1 aromatic carbocycles. The van der Waals surface area contributed by atoms with Gasteiger partial charge in [-0.3, -0.25) is 9.89 Å². The molecule has 0 unspecified atom stereocenters. The molecule has 0 spiro atoms. The number of benzene rings is 1. The summed E-state index contributed by atoms with van der Waals surface area (Å²) in [7, 11) is 0. The number of carbonyl (C=O) groups excluding carboxylic acids is 1. The number of thiophene rings is 1. The second-order valence-corrected chi connectivity index (χ2v) is 6.73. The quantitative estimate of drug-likeness (QED) is 0.793. The van der Waals surface area contributed by atoms with Gasteiger partial charge >= 0.3 is 0 Å². The van der Waals surface area contributed by atoms with E-state index in [2.05, 4.69) is 10.2 Å². The van der Waals surface area contributed by atoms with Crippen molar-refractivity contribution in [3.05, 3.63) is 58.4 Å². The van der Waals surface area contributed by atoms with Gasteiger partial charge < -0.3 is 9.64 Å². The van der Waals surface area contributed by atoms with Crippen LogP contribution < -0.4 is 4.74 Å². The van der Waals surface area contributed by atoms with Crippen molar-refractivity contribution in [2.75, 3.05) is 13.1 Å². The molecule has 0 aliphatic carbocycles. The number of hydrogen-bond acceptors (Lipinski definition) is 4. The van der Waals surface area contributed by atoms with E-state index in [1.807, 2.05) is 48.0 Å². The molecule has 0 saturated carbocycles. The van der Waals surface area contributed by atoms with E-state index < -0.39 is 0 Å². The number of H-pyrrole nitrogens is 1. The summed E-state index contributed by atoms with van der Waals surface area (Å²) in [6.07, 6.45) is 0.0509. The number of ether oxygens (including phenoxy) is 1. The number of aromatic nitrogens is 2. The molecular weight excluding hydrogens is 322 g/mol. The van der Waals surface area contributed by atoms with Crippen LogP contribution in [0.5, 0.6) is 5.75 Å². The Hall–Kier alpha value is -2.60. The molecule has 0 bridgehead atoms. The molecule has 0 radical (unpaired) electrons. The first-order chi connectivity index (χ1) is 11.7. The van der Waals surface area contributed by atoms with Crippen molar-refractivity contribution < 1.29 is 9.53 Å². The summed E-state index contributed by atoms with van der Waals surface area (Å²) in [5.74, 6) is 0.821. The van der Waals surface area contributed by atoms with E-state index in [-0.39, 0.29) is 12.0 Å². The lowest BCUT2D eigenvalue weighted by molar-refractivity contribution is 0.0173. The number of nitrogens with one attached hydrogen (secondary N) is 1. The maximum Gasteiger partial charge on any atom is 0.272 e. The topological polar surface area (TPSA) is 58.2 Å². The van der Waals surface area contributed by atoms with Crippen LogP contribution in [0.25, 0.3) is 11.3 Å². The molecule has 5 nitrogen and oxygen atoms in total. The number of carbonyl (C=O) groups is 1. The monoisotopic (exact) mass is 339 g/mol. The lowest BCUT2D eigenvalue weighted by atomic mass is 10.1. The smallest absolute Gasteiger partial charge is 0.272 e. The molecule has 122 valence electrons. The van der Waals surface area contributed by atoms with Crippen molar-refractivity contribution in [1.82, 2.24) is 15.1 Å². The largest absolute Gasteiger partial charge is 0.487 e. The molecule has 2 aromatic heterocycles. The van der Waals surface area contributed by atoms with Crippen molar-refractivity contribution >= 4 is 17.2 Å². The minimum absolute atomic E-state index is 0.0342. The van der Waals surface area contributed by atoms with Gasteiger partial charge in [0, 0.05) is 10.9 Å². The van der Waals surface area contributed by atoms with E-state index in [0.29, 0.717) is 18.8 Å². The molecule has 1 amide bonds. The number of rotatable bonds is 4. The Kier molecular flexibility index (Phi) is 3.82. The van der Waals surface area contributed by atoms with Crippen LogP contribution in [0.2, 0.25) is 0 Å². The molecule has 1 aliphatic heterocycles. The summed E-state index contributed by atoms with van der Waals surface area (Å²) in [5, 5.41) is 11.1. The third kappa shape index (κ3) is 2.92. The summed E-state index contributed by atoms with van der Waals surface area (Å²) < 4.78 is 5.89. The van der Waals surface area contributed by atoms with E-state index in [1.54, 1.807) is 22.3 Å². The number of aryl methyl sites for hydroxylation is 1. The van der Waals surface area contributed by atoms with Crippen LogP contribution in [0.4, 0.5) is 0 Å². The molecule has 1 saturated heterocycles. The fraction of sp³-hybridized carbons (Fsp3) is 0.222. The van der Waals surface area contributed by atoms with Gasteiger partial charge in [0.2, 0.25) is 0 Å². The highest BCUT2D eigenvalue weighted by molar-refractivity contribution is 7.08. The molecule has 3 heterocycles. The number of amides is 1. The summed E-state index contributed by atoms with van der Waals surface area (Å²) in [4.78, 5) is 14.2. The van der Waals surface area contributed by atoms with Gasteiger partial charge in [0.1, 0.15) is 17.5 Å². The number of likely N-dealkylation sites (tertiary alicyclic amines) is 1. The van der Waals surface area contributed by atoms with Crippen molar-refractivity contribution in [3.63, 3.8) is 0 Å². The van der Waals surface area contributed by atoms with Gasteiger partial charge in [-0.25, -0.2) is 0 Å². The maximum absolute atomic E-state index is 12.5. The Balaban J connectivity index is 1.36. The van der Waals surface area contributed by atoms with Crippen molar-refractivity contribution in [2.45, 2.75) is 13.0 Å². The predicted molar refractivity (Wildman–Crippen MR) is 93.4 cm³/mol. The summed E-state index contributed by atoms with van der Waals surface area (Å²) in [5.41, 5.74) is 3.51. The van der Waals surface area contributed by atoms with Crippen LogP contribution in [0.1, 0.15) is 16.1 Å². The minimum atomic E-state index is -0.0342. The highest BCUT2D eigenvalue weighted by Gasteiger charge is 2.33. The van der Waals surface area contributed by atoms with Crippen LogP contribution in [0.15, 0.2) is 47.2 Å². The third-order valence-corrected chi connectivity index (χ3v) is 4.74. The van der Waals surface area contributed by atoms with E-state index in [0.717, 1.165) is 22.6 Å². The summed E-state index contributed by atoms with van der Waals surface area (Å²) >= 11 is 1.61. The van der Waals surface area contributed by atoms with Gasteiger partial charge in [-0.2, -0.15) is 16.4 Å². The summed E-state index contributed by atoms with van der Waals surface area (Å²) in [6.45, 7) is 3.23. The zero-order valence-corrected chi connectivity index (χ0v) is 14.0. The molecule has 0 atom stereocenters. The molecular formula is C18H17N3O2S. The SMILES string of the molecule is Cc1cccc(OC2CN(C(=O)c3cc(-c4ccsc4)n[nH]3)C2)c1. The highest BCUT2D eigenvalue weighted by atomic mass is 32.1. The zero-order chi connectivity index (χ0) is 16.5. The lowest BCUT2D eigenvalue weighted by Crippen LogP contribution is -2.56. The first-order valence-corrected chi connectivity index (χ1v) is 8.74. The molecule has 24 heavy (non-hydrogen) atoms. The standard InChI is InChI=1S/C18H17N3O2S/c1-12-3-2-4-14(7-12)23-15-9-21(10-15)18(22)17-8-16(19-20-17)13-5-6-24-11-13/h2-8,11,15H,9-10H2,1H3,(H,19,20). The second kappa shape index (κ2) is 6.13. The second-order valence-electron chi connectivity index (χ2n) is 5.95. The highest BCUT2D eigenvalue weighted by Crippen LogP contribution is 2.23. The molecule has 4 rings (SSSR count). The first kappa shape index (κ1) is 15.0. The average Bonchev–Trinajstić information content (AvgIpc) is 3.20. The van der Waals surface area contributed by atoms with E-state index in [9.17, 15) is 4.79 Å². The molecule has 3 aromatic rings. The molecule has 6 heteroatoms. The third-order valence-electron chi connectivity index (χ3n) is 4.05. The number of hydrogen-bond donors (Lipinski definition) is 1. The fourth-order valence-electron chi connectivity index (χ4n) is 2.72. The van der Waals surface area contributed by atoms with E-state index >= 15 is 0 Å². The Morgan fingerprint density at radius 1 is 1.33 bits per heavy atom. The summed E-state index contributed by atoms with van der Waals surface area (Å²) in [6, 6.07) is 11.8. The van der Waals surface area contributed by atoms with Gasteiger partial charge in [0.05, 0.1) is 18.8 Å². The molecule has 1 fully saturated rings. The Bertz CT molecular complexity index is 851. The van der Waals surface area contributed by atoms with Crippen LogP contribution >= 0.6 is 11.3 Å². The fourth-order valence-corrected chi connectivity index (χ4v) is 3.37. The van der Waals surface area contributed by atoms with Gasteiger partial charge in [0.15, 0.2) is 0 Å². The van der Waals surface area contributed by atoms with Crippen LogP contribution in [-0.4, -0.2) is 40.2 Å². The Labute approximate surface area is 143 Å². The normalized spacial score (nSPS) is 14.5. The number of nitrogens with zero attached hydrogens (tertiary/aromatic N) is 2. The molecule has 1 aliphatic rings. The van der Waals surface area contributed by atoms with Gasteiger partial charge in [-0.05, 0) is 42.1 Å². The lowest BCUT2D eigenvalue weighted by Gasteiger charge is -2.38. The van der Waals surface area contributed by atoms with E-state index in [4.69, 9.17) is 4.74 Å². The molecule has 1 N–H and O–H groups in total.